The number of nitrogens with two attached hydrogens (primary N) is 1. The van der Waals surface area contributed by atoms with Gasteiger partial charge in [0.05, 0.1) is 12.1 Å². The lowest BCUT2D eigenvalue weighted by Gasteiger charge is -2.27. The second kappa shape index (κ2) is 4.97. The van der Waals surface area contributed by atoms with Crippen LogP contribution in [-0.4, -0.2) is 18.0 Å². The van der Waals surface area contributed by atoms with E-state index in [0.29, 0.717) is 0 Å². The number of hydrogen-bond acceptors (Lipinski definition) is 3. The SMILES string of the molecule is C[C@H](NC1CCCC(C#N)C1)C(N)=O. The third-order valence-corrected chi connectivity index (χ3v) is 2.77. The molecule has 0 bridgehead atoms. The number of nitrogens with one attached hydrogen (secondary N) is 1. The fourth-order valence-corrected chi connectivity index (χ4v) is 1.89. The van der Waals surface area contributed by atoms with Gasteiger partial charge in [-0.2, -0.15) is 5.26 Å². The smallest absolute Gasteiger partial charge is 0.234 e. The van der Waals surface area contributed by atoms with E-state index in [1.165, 1.54) is 0 Å². The van der Waals surface area contributed by atoms with E-state index in [0.717, 1.165) is 25.7 Å². The number of primary amides is 1. The zero-order valence-corrected chi connectivity index (χ0v) is 8.49. The van der Waals surface area contributed by atoms with Gasteiger partial charge in [-0.3, -0.25) is 4.79 Å². The van der Waals surface area contributed by atoms with E-state index in [9.17, 15) is 4.79 Å². The first kappa shape index (κ1) is 11.0. The molecule has 1 saturated carbocycles. The number of carbonyl (C=O) groups excluding carboxylic acids is 1. The molecule has 0 aromatic rings. The molecule has 3 N–H and O–H groups in total. The highest BCUT2D eigenvalue weighted by Crippen LogP contribution is 2.23. The molecule has 1 aliphatic rings. The molecule has 1 amide bonds. The van der Waals surface area contributed by atoms with Crippen molar-refractivity contribution in [2.24, 2.45) is 11.7 Å². The Morgan fingerprint density at radius 2 is 2.36 bits per heavy atom. The second-order valence-corrected chi connectivity index (χ2v) is 3.98. The summed E-state index contributed by atoms with van der Waals surface area (Å²) < 4.78 is 0. The molecule has 4 nitrogen and oxygen atoms in total. The zero-order valence-electron chi connectivity index (χ0n) is 8.49. The van der Waals surface area contributed by atoms with Crippen molar-refractivity contribution in [3.8, 4) is 6.07 Å². The molecule has 0 radical (unpaired) electrons. The monoisotopic (exact) mass is 195 g/mol. The first-order chi connectivity index (χ1) is 6.63. The molecule has 78 valence electrons. The van der Waals surface area contributed by atoms with Gasteiger partial charge in [0.15, 0.2) is 0 Å². The number of amides is 1. The normalized spacial score (nSPS) is 29.1. The van der Waals surface area contributed by atoms with Crippen molar-refractivity contribution in [2.45, 2.75) is 44.7 Å². The molecule has 4 heteroatoms. The fourth-order valence-electron chi connectivity index (χ4n) is 1.89. The zero-order chi connectivity index (χ0) is 10.6. The minimum absolute atomic E-state index is 0.140. The van der Waals surface area contributed by atoms with Crippen molar-refractivity contribution in [2.75, 3.05) is 0 Å². The summed E-state index contributed by atoms with van der Waals surface area (Å²) in [4.78, 5) is 10.8. The van der Waals surface area contributed by atoms with Gasteiger partial charge in [0, 0.05) is 12.0 Å². The molecule has 0 heterocycles. The maximum Gasteiger partial charge on any atom is 0.234 e. The van der Waals surface area contributed by atoms with E-state index >= 15 is 0 Å². The lowest BCUT2D eigenvalue weighted by Crippen LogP contribution is -2.46. The minimum atomic E-state index is -0.330. The van der Waals surface area contributed by atoms with E-state index in [1.807, 2.05) is 0 Å². The van der Waals surface area contributed by atoms with Crippen LogP contribution in [0.15, 0.2) is 0 Å². The van der Waals surface area contributed by atoms with Crippen molar-refractivity contribution in [3.63, 3.8) is 0 Å². The van der Waals surface area contributed by atoms with Crippen molar-refractivity contribution in [1.29, 1.82) is 5.26 Å². The number of carbonyl (C=O) groups is 1. The lowest BCUT2D eigenvalue weighted by atomic mass is 9.86. The third-order valence-electron chi connectivity index (χ3n) is 2.77. The van der Waals surface area contributed by atoms with E-state index in [2.05, 4.69) is 11.4 Å². The van der Waals surface area contributed by atoms with Gasteiger partial charge in [-0.25, -0.2) is 0 Å². The third kappa shape index (κ3) is 3.00. The average molecular weight is 195 g/mol. The van der Waals surface area contributed by atoms with Gasteiger partial charge in [-0.1, -0.05) is 6.42 Å². The Labute approximate surface area is 84.5 Å². The van der Waals surface area contributed by atoms with Gasteiger partial charge < -0.3 is 11.1 Å². The van der Waals surface area contributed by atoms with Crippen molar-refractivity contribution >= 4 is 5.91 Å². The lowest BCUT2D eigenvalue weighted by molar-refractivity contribution is -0.119. The molecule has 0 saturated heterocycles. The fraction of sp³-hybridized carbons (Fsp3) is 0.800. The Bertz CT molecular complexity index is 246. The van der Waals surface area contributed by atoms with Crippen LogP contribution in [0.4, 0.5) is 0 Å². The molecule has 0 aromatic carbocycles. The summed E-state index contributed by atoms with van der Waals surface area (Å²) in [6.07, 6.45) is 3.92. The quantitative estimate of drug-likeness (QED) is 0.689. The highest BCUT2D eigenvalue weighted by molar-refractivity contribution is 5.79. The summed E-state index contributed by atoms with van der Waals surface area (Å²) in [6.45, 7) is 1.76. The molecule has 1 aliphatic carbocycles. The van der Waals surface area contributed by atoms with Crippen LogP contribution in [0.2, 0.25) is 0 Å². The second-order valence-electron chi connectivity index (χ2n) is 3.98. The van der Waals surface area contributed by atoms with Crippen LogP contribution in [0.1, 0.15) is 32.6 Å². The van der Waals surface area contributed by atoms with Crippen LogP contribution in [0.3, 0.4) is 0 Å². The standard InChI is InChI=1S/C10H17N3O/c1-7(10(12)14)13-9-4-2-3-8(5-9)6-11/h7-9,13H,2-5H2,1H3,(H2,12,14)/t7-,8?,9?/m0/s1. The van der Waals surface area contributed by atoms with Gasteiger partial charge in [-0.05, 0) is 26.2 Å². The minimum Gasteiger partial charge on any atom is -0.368 e. The Morgan fingerprint density at radius 3 is 2.93 bits per heavy atom. The maximum absolute atomic E-state index is 10.8. The van der Waals surface area contributed by atoms with E-state index < -0.39 is 0 Å². The first-order valence-corrected chi connectivity index (χ1v) is 5.08. The molecule has 3 atom stereocenters. The van der Waals surface area contributed by atoms with Crippen LogP contribution in [-0.2, 0) is 4.79 Å². The Kier molecular flexibility index (Phi) is 3.90. The topological polar surface area (TPSA) is 78.9 Å². The van der Waals surface area contributed by atoms with Gasteiger partial charge >= 0.3 is 0 Å². The molecule has 1 fully saturated rings. The Morgan fingerprint density at radius 1 is 1.64 bits per heavy atom. The van der Waals surface area contributed by atoms with Crippen LogP contribution < -0.4 is 11.1 Å². The number of hydrogen-bond donors (Lipinski definition) is 2. The van der Waals surface area contributed by atoms with Gasteiger partial charge in [0.1, 0.15) is 0 Å². The largest absolute Gasteiger partial charge is 0.368 e. The molecular weight excluding hydrogens is 178 g/mol. The highest BCUT2D eigenvalue weighted by Gasteiger charge is 2.23. The van der Waals surface area contributed by atoms with Crippen molar-refractivity contribution in [3.05, 3.63) is 0 Å². The van der Waals surface area contributed by atoms with E-state index in [4.69, 9.17) is 11.0 Å². The summed E-state index contributed by atoms with van der Waals surface area (Å²) in [5.41, 5.74) is 5.15. The van der Waals surface area contributed by atoms with Crippen molar-refractivity contribution < 1.29 is 4.79 Å². The Balaban J connectivity index is 2.38. The Hall–Kier alpha value is -1.08. The number of nitriles is 1. The molecule has 0 aliphatic heterocycles. The molecule has 14 heavy (non-hydrogen) atoms. The predicted molar refractivity (Wildman–Crippen MR) is 53.2 cm³/mol. The summed E-state index contributed by atoms with van der Waals surface area (Å²) in [6, 6.07) is 2.26. The molecule has 2 unspecified atom stereocenters. The summed E-state index contributed by atoms with van der Waals surface area (Å²) in [5, 5.41) is 11.9. The summed E-state index contributed by atoms with van der Waals surface area (Å²) >= 11 is 0. The van der Waals surface area contributed by atoms with E-state index in [1.54, 1.807) is 6.92 Å². The van der Waals surface area contributed by atoms with Gasteiger partial charge in [0.2, 0.25) is 5.91 Å². The molecular formula is C10H17N3O. The predicted octanol–water partition coefficient (Wildman–Crippen LogP) is 0.532. The number of rotatable bonds is 3. The van der Waals surface area contributed by atoms with E-state index in [-0.39, 0.29) is 23.9 Å². The van der Waals surface area contributed by atoms with Crippen LogP contribution >= 0.6 is 0 Å². The average Bonchev–Trinajstić information content (AvgIpc) is 2.18. The van der Waals surface area contributed by atoms with Gasteiger partial charge in [0.25, 0.3) is 0 Å². The molecule has 0 spiro atoms. The first-order valence-electron chi connectivity index (χ1n) is 5.08. The molecule has 0 aromatic heterocycles. The highest BCUT2D eigenvalue weighted by atomic mass is 16.1. The maximum atomic E-state index is 10.8. The van der Waals surface area contributed by atoms with Crippen LogP contribution in [0, 0.1) is 17.2 Å². The van der Waals surface area contributed by atoms with Gasteiger partial charge in [-0.15, -0.1) is 0 Å². The summed E-state index contributed by atoms with van der Waals surface area (Å²) in [7, 11) is 0. The van der Waals surface area contributed by atoms with Crippen molar-refractivity contribution in [1.82, 2.24) is 5.32 Å². The van der Waals surface area contributed by atoms with Crippen LogP contribution in [0.25, 0.3) is 0 Å². The van der Waals surface area contributed by atoms with Crippen LogP contribution in [0.5, 0.6) is 0 Å². The molecule has 1 rings (SSSR count). The number of nitrogens with zero attached hydrogens (tertiary/aromatic N) is 1. The summed E-state index contributed by atoms with van der Waals surface area (Å²) in [5.74, 6) is -0.189.